The average Bonchev–Trinajstić information content (AvgIpc) is 2.69. The van der Waals surface area contributed by atoms with Gasteiger partial charge in [-0.3, -0.25) is 0 Å². The molecule has 0 bridgehead atoms. The second-order valence-corrected chi connectivity index (χ2v) is 6.12. The van der Waals surface area contributed by atoms with Crippen molar-refractivity contribution in [2.45, 2.75) is 52.7 Å². The fourth-order valence-electron chi connectivity index (χ4n) is 3.05. The zero-order valence-electron chi connectivity index (χ0n) is 13.1. The van der Waals surface area contributed by atoms with Crippen LogP contribution >= 0.6 is 0 Å². The van der Waals surface area contributed by atoms with Gasteiger partial charge in [-0.15, -0.1) is 0 Å². The Labute approximate surface area is 122 Å². The van der Waals surface area contributed by atoms with Crippen molar-refractivity contribution in [1.29, 1.82) is 0 Å². The van der Waals surface area contributed by atoms with E-state index >= 15 is 0 Å². The molecule has 0 amide bonds. The first-order valence-electron chi connectivity index (χ1n) is 7.69. The molecule has 0 spiro atoms. The summed E-state index contributed by atoms with van der Waals surface area (Å²) in [5.74, 6) is 1.83. The van der Waals surface area contributed by atoms with E-state index in [4.69, 9.17) is 9.47 Å². The molecule has 3 nitrogen and oxygen atoms in total. The summed E-state index contributed by atoms with van der Waals surface area (Å²) in [4.78, 5) is 0. The maximum atomic E-state index is 6.19. The minimum Gasteiger partial charge on any atom is -0.494 e. The van der Waals surface area contributed by atoms with E-state index in [9.17, 15) is 0 Å². The quantitative estimate of drug-likeness (QED) is 0.861. The summed E-state index contributed by atoms with van der Waals surface area (Å²) < 4.78 is 11.6. The van der Waals surface area contributed by atoms with Crippen LogP contribution in [0.3, 0.4) is 0 Å². The Morgan fingerprint density at radius 3 is 2.40 bits per heavy atom. The van der Waals surface area contributed by atoms with Crippen LogP contribution in [0.4, 0.5) is 0 Å². The highest BCUT2D eigenvalue weighted by atomic mass is 16.5. The molecule has 3 heteroatoms. The Morgan fingerprint density at radius 2 is 1.80 bits per heavy atom. The van der Waals surface area contributed by atoms with Crippen LogP contribution in [0, 0.1) is 5.41 Å². The third-order valence-corrected chi connectivity index (χ3v) is 4.13. The molecule has 20 heavy (non-hydrogen) atoms. The molecular formula is C17H27NO2. The molecule has 2 atom stereocenters. The lowest BCUT2D eigenvalue weighted by Gasteiger charge is -2.31. The number of rotatable bonds is 6. The normalized spacial score (nSPS) is 24.6. The van der Waals surface area contributed by atoms with E-state index in [0.29, 0.717) is 18.1 Å². The second kappa shape index (κ2) is 6.49. The van der Waals surface area contributed by atoms with Gasteiger partial charge in [0.25, 0.3) is 0 Å². The van der Waals surface area contributed by atoms with Gasteiger partial charge in [0.15, 0.2) is 0 Å². The fraction of sp³-hybridized carbons (Fsp3) is 0.647. The molecule has 1 aromatic rings. The Bertz CT molecular complexity index is 414. The number of hydrogen-bond acceptors (Lipinski definition) is 3. The third-order valence-electron chi connectivity index (χ3n) is 4.13. The van der Waals surface area contributed by atoms with E-state index in [0.717, 1.165) is 24.5 Å². The SMILES string of the molecule is CCNC1C(Oc2ccc(OCC)cc2)CCC1(C)C. The molecular weight excluding hydrogens is 250 g/mol. The van der Waals surface area contributed by atoms with Crippen LogP contribution < -0.4 is 14.8 Å². The molecule has 2 unspecified atom stereocenters. The van der Waals surface area contributed by atoms with Crippen molar-refractivity contribution in [2.24, 2.45) is 5.41 Å². The zero-order chi connectivity index (χ0) is 14.6. The standard InChI is InChI=1S/C17H27NO2/c1-5-18-16-15(11-12-17(16,3)4)20-14-9-7-13(8-10-14)19-6-2/h7-10,15-16,18H,5-6,11-12H2,1-4H3. The van der Waals surface area contributed by atoms with Crippen molar-refractivity contribution in [3.63, 3.8) is 0 Å². The summed E-state index contributed by atoms with van der Waals surface area (Å²) in [6, 6.07) is 8.36. The largest absolute Gasteiger partial charge is 0.494 e. The van der Waals surface area contributed by atoms with Crippen molar-refractivity contribution in [3.8, 4) is 11.5 Å². The van der Waals surface area contributed by atoms with Gasteiger partial charge < -0.3 is 14.8 Å². The first kappa shape index (κ1) is 15.2. The number of ether oxygens (including phenoxy) is 2. The van der Waals surface area contributed by atoms with Crippen molar-refractivity contribution >= 4 is 0 Å². The molecule has 0 saturated heterocycles. The van der Waals surface area contributed by atoms with Crippen LogP contribution in [-0.2, 0) is 0 Å². The minimum absolute atomic E-state index is 0.253. The second-order valence-electron chi connectivity index (χ2n) is 6.12. The monoisotopic (exact) mass is 277 g/mol. The molecule has 1 aliphatic carbocycles. The zero-order valence-corrected chi connectivity index (χ0v) is 13.1. The molecule has 2 rings (SSSR count). The van der Waals surface area contributed by atoms with Gasteiger partial charge in [-0.1, -0.05) is 20.8 Å². The average molecular weight is 277 g/mol. The van der Waals surface area contributed by atoms with E-state index in [1.165, 1.54) is 6.42 Å². The van der Waals surface area contributed by atoms with E-state index < -0.39 is 0 Å². The molecule has 0 aliphatic heterocycles. The van der Waals surface area contributed by atoms with Crippen molar-refractivity contribution in [2.75, 3.05) is 13.2 Å². The van der Waals surface area contributed by atoms with Crippen LogP contribution in [0.2, 0.25) is 0 Å². The summed E-state index contributed by atoms with van der Waals surface area (Å²) >= 11 is 0. The first-order chi connectivity index (χ1) is 9.56. The maximum absolute atomic E-state index is 6.19. The number of nitrogens with one attached hydrogen (secondary N) is 1. The van der Waals surface area contributed by atoms with Gasteiger partial charge in [0.05, 0.1) is 6.61 Å². The van der Waals surface area contributed by atoms with Gasteiger partial charge in [0.1, 0.15) is 17.6 Å². The van der Waals surface area contributed by atoms with Crippen LogP contribution in [0.5, 0.6) is 11.5 Å². The number of likely N-dealkylation sites (N-methyl/N-ethyl adjacent to an activating group) is 1. The lowest BCUT2D eigenvalue weighted by atomic mass is 9.87. The maximum Gasteiger partial charge on any atom is 0.120 e. The van der Waals surface area contributed by atoms with Gasteiger partial charge in [-0.05, 0) is 56.0 Å². The highest BCUT2D eigenvalue weighted by Crippen LogP contribution is 2.39. The Hall–Kier alpha value is -1.22. The summed E-state index contributed by atoms with van der Waals surface area (Å²) in [6.45, 7) is 10.5. The first-order valence-corrected chi connectivity index (χ1v) is 7.69. The van der Waals surface area contributed by atoms with Crippen molar-refractivity contribution in [3.05, 3.63) is 24.3 Å². The van der Waals surface area contributed by atoms with Crippen LogP contribution in [0.1, 0.15) is 40.5 Å². The molecule has 1 fully saturated rings. The lowest BCUT2D eigenvalue weighted by molar-refractivity contribution is 0.141. The number of hydrogen-bond donors (Lipinski definition) is 1. The molecule has 112 valence electrons. The Morgan fingerprint density at radius 1 is 1.15 bits per heavy atom. The third kappa shape index (κ3) is 3.45. The Kier molecular flexibility index (Phi) is 4.92. The van der Waals surface area contributed by atoms with Crippen molar-refractivity contribution in [1.82, 2.24) is 5.32 Å². The summed E-state index contributed by atoms with van der Waals surface area (Å²) in [5.41, 5.74) is 0.298. The van der Waals surface area contributed by atoms with Gasteiger partial charge >= 0.3 is 0 Å². The van der Waals surface area contributed by atoms with Gasteiger partial charge in [-0.2, -0.15) is 0 Å². The van der Waals surface area contributed by atoms with E-state index in [1.807, 2.05) is 31.2 Å². The highest BCUT2D eigenvalue weighted by molar-refractivity contribution is 5.31. The Balaban J connectivity index is 2.01. The molecule has 1 aromatic carbocycles. The van der Waals surface area contributed by atoms with Crippen LogP contribution in [-0.4, -0.2) is 25.3 Å². The molecule has 1 N–H and O–H groups in total. The topological polar surface area (TPSA) is 30.5 Å². The van der Waals surface area contributed by atoms with E-state index in [1.54, 1.807) is 0 Å². The molecule has 1 aliphatic rings. The molecule has 0 radical (unpaired) electrons. The molecule has 0 aromatic heterocycles. The predicted molar refractivity (Wildman–Crippen MR) is 82.5 cm³/mol. The predicted octanol–water partition coefficient (Wildman–Crippen LogP) is 3.63. The van der Waals surface area contributed by atoms with Crippen molar-refractivity contribution < 1.29 is 9.47 Å². The van der Waals surface area contributed by atoms with Gasteiger partial charge in [-0.25, -0.2) is 0 Å². The van der Waals surface area contributed by atoms with Crippen LogP contribution in [0.15, 0.2) is 24.3 Å². The number of benzene rings is 1. The fourth-order valence-corrected chi connectivity index (χ4v) is 3.05. The van der Waals surface area contributed by atoms with E-state index in [-0.39, 0.29) is 6.10 Å². The van der Waals surface area contributed by atoms with Gasteiger partial charge in [0.2, 0.25) is 0 Å². The smallest absolute Gasteiger partial charge is 0.120 e. The summed E-state index contributed by atoms with van der Waals surface area (Å²) in [5, 5.41) is 3.59. The molecule has 1 saturated carbocycles. The molecule has 0 heterocycles. The van der Waals surface area contributed by atoms with E-state index in [2.05, 4.69) is 26.1 Å². The summed E-state index contributed by atoms with van der Waals surface area (Å²) in [7, 11) is 0. The highest BCUT2D eigenvalue weighted by Gasteiger charge is 2.42. The minimum atomic E-state index is 0.253. The van der Waals surface area contributed by atoms with Gasteiger partial charge in [0, 0.05) is 6.04 Å². The lowest BCUT2D eigenvalue weighted by Crippen LogP contribution is -2.46. The van der Waals surface area contributed by atoms with Crippen LogP contribution in [0.25, 0.3) is 0 Å². The summed E-state index contributed by atoms with van der Waals surface area (Å²) in [6.07, 6.45) is 2.56.